The lowest BCUT2D eigenvalue weighted by Crippen LogP contribution is -2.36. The van der Waals surface area contributed by atoms with Crippen molar-refractivity contribution in [2.45, 2.75) is 19.5 Å². The minimum atomic E-state index is -0.339. The van der Waals surface area contributed by atoms with Gasteiger partial charge in [0.25, 0.3) is 0 Å². The highest BCUT2D eigenvalue weighted by molar-refractivity contribution is 5.83. The summed E-state index contributed by atoms with van der Waals surface area (Å²) in [4.78, 5) is 18.8. The van der Waals surface area contributed by atoms with Crippen molar-refractivity contribution in [2.75, 3.05) is 14.1 Å². The van der Waals surface area contributed by atoms with Crippen LogP contribution in [0.3, 0.4) is 0 Å². The summed E-state index contributed by atoms with van der Waals surface area (Å²) in [6, 6.07) is 15.6. The van der Waals surface area contributed by atoms with E-state index < -0.39 is 0 Å². The Bertz CT molecular complexity index is 856. The van der Waals surface area contributed by atoms with Gasteiger partial charge in [0.2, 0.25) is 5.91 Å². The van der Waals surface area contributed by atoms with Crippen molar-refractivity contribution in [3.63, 3.8) is 0 Å². The lowest BCUT2D eigenvalue weighted by molar-refractivity contribution is -0.125. The maximum absolute atomic E-state index is 12.9. The Hall–Kier alpha value is -2.99. The molecule has 26 heavy (non-hydrogen) atoms. The molecule has 0 spiro atoms. The van der Waals surface area contributed by atoms with Gasteiger partial charge in [-0.25, -0.2) is 9.67 Å². The van der Waals surface area contributed by atoms with Crippen LogP contribution in [-0.2, 0) is 11.3 Å². The standard InChI is InChI=1S/C20H23N5O/c1-15-8-10-16(11-9-15)19(24(2)3)20(26)22-12-17-6-4-5-7-18(17)25-14-21-13-23-25/h4-11,13-14,19H,12H2,1-3H3,(H,22,26)/t19-/m1/s1. The van der Waals surface area contributed by atoms with Crippen LogP contribution in [0.4, 0.5) is 0 Å². The van der Waals surface area contributed by atoms with E-state index in [9.17, 15) is 4.79 Å². The number of hydrogen-bond donors (Lipinski definition) is 1. The van der Waals surface area contributed by atoms with Gasteiger partial charge < -0.3 is 5.32 Å². The van der Waals surface area contributed by atoms with E-state index in [1.165, 1.54) is 11.9 Å². The number of benzene rings is 2. The molecule has 1 heterocycles. The van der Waals surface area contributed by atoms with Gasteiger partial charge in [-0.15, -0.1) is 0 Å². The van der Waals surface area contributed by atoms with Crippen LogP contribution in [0.2, 0.25) is 0 Å². The van der Waals surface area contributed by atoms with Crippen LogP contribution in [0.15, 0.2) is 61.2 Å². The van der Waals surface area contributed by atoms with E-state index in [1.54, 1.807) is 11.0 Å². The van der Waals surface area contributed by atoms with Crippen molar-refractivity contribution in [2.24, 2.45) is 0 Å². The summed E-state index contributed by atoms with van der Waals surface area (Å²) in [6.45, 7) is 2.46. The molecule has 0 unspecified atom stereocenters. The number of likely N-dealkylation sites (N-methyl/N-ethyl adjacent to an activating group) is 1. The third kappa shape index (κ3) is 3.97. The summed E-state index contributed by atoms with van der Waals surface area (Å²) in [5.74, 6) is -0.0350. The van der Waals surface area contributed by atoms with Crippen LogP contribution in [0, 0.1) is 6.92 Å². The Kier molecular flexibility index (Phi) is 5.43. The molecule has 0 aliphatic rings. The molecule has 0 bridgehead atoms. The van der Waals surface area contributed by atoms with Crippen molar-refractivity contribution in [3.8, 4) is 5.69 Å². The van der Waals surface area contributed by atoms with Gasteiger partial charge in [0.1, 0.15) is 18.7 Å². The average molecular weight is 349 g/mol. The molecule has 134 valence electrons. The second kappa shape index (κ2) is 7.93. The van der Waals surface area contributed by atoms with Crippen LogP contribution in [0.5, 0.6) is 0 Å². The first-order valence-corrected chi connectivity index (χ1v) is 8.50. The van der Waals surface area contributed by atoms with Crippen LogP contribution in [0.25, 0.3) is 5.69 Å². The van der Waals surface area contributed by atoms with Crippen molar-refractivity contribution in [1.29, 1.82) is 0 Å². The molecule has 0 aliphatic heterocycles. The summed E-state index contributed by atoms with van der Waals surface area (Å²) >= 11 is 0. The molecule has 6 nitrogen and oxygen atoms in total. The molecular weight excluding hydrogens is 326 g/mol. The number of carbonyl (C=O) groups is 1. The van der Waals surface area contributed by atoms with Crippen LogP contribution < -0.4 is 5.32 Å². The highest BCUT2D eigenvalue weighted by atomic mass is 16.2. The van der Waals surface area contributed by atoms with Crippen molar-refractivity contribution < 1.29 is 4.79 Å². The predicted molar refractivity (Wildman–Crippen MR) is 101 cm³/mol. The third-order valence-corrected chi connectivity index (χ3v) is 4.27. The molecule has 6 heteroatoms. The van der Waals surface area contributed by atoms with E-state index in [0.717, 1.165) is 16.8 Å². The zero-order valence-electron chi connectivity index (χ0n) is 15.3. The molecule has 0 fully saturated rings. The topological polar surface area (TPSA) is 63.1 Å². The van der Waals surface area contributed by atoms with Gasteiger partial charge in [0, 0.05) is 6.54 Å². The van der Waals surface area contributed by atoms with E-state index in [4.69, 9.17) is 0 Å². The summed E-state index contributed by atoms with van der Waals surface area (Å²) in [6.07, 6.45) is 3.14. The molecule has 1 atom stereocenters. The molecule has 3 aromatic rings. The smallest absolute Gasteiger partial charge is 0.242 e. The van der Waals surface area contributed by atoms with Crippen molar-refractivity contribution in [1.82, 2.24) is 25.0 Å². The Labute approximate surface area is 153 Å². The fraction of sp³-hybridized carbons (Fsp3) is 0.250. The van der Waals surface area contributed by atoms with Crippen molar-refractivity contribution in [3.05, 3.63) is 77.9 Å². The molecule has 0 aliphatic carbocycles. The zero-order chi connectivity index (χ0) is 18.5. The second-order valence-corrected chi connectivity index (χ2v) is 6.46. The van der Waals surface area contributed by atoms with Gasteiger partial charge in [0.05, 0.1) is 5.69 Å². The summed E-state index contributed by atoms with van der Waals surface area (Å²) in [5.41, 5.74) is 4.03. The molecule has 2 aromatic carbocycles. The lowest BCUT2D eigenvalue weighted by atomic mass is 10.0. The van der Waals surface area contributed by atoms with E-state index >= 15 is 0 Å². The number of nitrogens with zero attached hydrogens (tertiary/aromatic N) is 4. The number of amides is 1. The fourth-order valence-corrected chi connectivity index (χ4v) is 2.93. The van der Waals surface area contributed by atoms with E-state index in [2.05, 4.69) is 15.4 Å². The minimum Gasteiger partial charge on any atom is -0.350 e. The van der Waals surface area contributed by atoms with Gasteiger partial charge in [-0.3, -0.25) is 9.69 Å². The number of nitrogens with one attached hydrogen (secondary N) is 1. The van der Waals surface area contributed by atoms with Gasteiger partial charge >= 0.3 is 0 Å². The number of aromatic nitrogens is 3. The Morgan fingerprint density at radius 2 is 1.88 bits per heavy atom. The maximum Gasteiger partial charge on any atom is 0.242 e. The zero-order valence-corrected chi connectivity index (χ0v) is 15.3. The quantitative estimate of drug-likeness (QED) is 0.743. The molecule has 0 saturated carbocycles. The molecule has 1 aromatic heterocycles. The molecule has 3 rings (SSSR count). The molecule has 0 radical (unpaired) electrons. The number of rotatable bonds is 6. The van der Waals surface area contributed by atoms with E-state index in [1.807, 2.05) is 74.4 Å². The van der Waals surface area contributed by atoms with Gasteiger partial charge in [-0.05, 0) is 38.2 Å². The highest BCUT2D eigenvalue weighted by Crippen LogP contribution is 2.20. The lowest BCUT2D eigenvalue weighted by Gasteiger charge is -2.24. The fourth-order valence-electron chi connectivity index (χ4n) is 2.93. The maximum atomic E-state index is 12.9. The van der Waals surface area contributed by atoms with E-state index in [-0.39, 0.29) is 11.9 Å². The summed E-state index contributed by atoms with van der Waals surface area (Å²) < 4.78 is 1.70. The first kappa shape index (κ1) is 17.8. The molecule has 0 saturated heterocycles. The van der Waals surface area contributed by atoms with Crippen LogP contribution in [-0.4, -0.2) is 39.7 Å². The summed E-state index contributed by atoms with van der Waals surface area (Å²) in [7, 11) is 3.82. The molecule has 1 amide bonds. The van der Waals surface area contributed by atoms with Crippen LogP contribution in [0.1, 0.15) is 22.7 Å². The monoisotopic (exact) mass is 349 g/mol. The Balaban J connectivity index is 1.76. The normalized spacial score (nSPS) is 12.2. The first-order chi connectivity index (χ1) is 12.6. The molecule has 1 N–H and O–H groups in total. The first-order valence-electron chi connectivity index (χ1n) is 8.50. The van der Waals surface area contributed by atoms with Crippen LogP contribution >= 0.6 is 0 Å². The number of hydrogen-bond acceptors (Lipinski definition) is 4. The van der Waals surface area contributed by atoms with Gasteiger partial charge in [-0.1, -0.05) is 48.0 Å². The number of para-hydroxylation sites is 1. The third-order valence-electron chi connectivity index (χ3n) is 4.27. The predicted octanol–water partition coefficient (Wildman–Crippen LogP) is 2.49. The largest absolute Gasteiger partial charge is 0.350 e. The second-order valence-electron chi connectivity index (χ2n) is 6.46. The van der Waals surface area contributed by atoms with E-state index in [0.29, 0.717) is 6.54 Å². The number of carbonyl (C=O) groups excluding carboxylic acids is 1. The van der Waals surface area contributed by atoms with Gasteiger partial charge in [0.15, 0.2) is 0 Å². The minimum absolute atomic E-state index is 0.0350. The molecular formula is C20H23N5O. The van der Waals surface area contributed by atoms with Crippen molar-refractivity contribution >= 4 is 5.91 Å². The SMILES string of the molecule is Cc1ccc([C@H](C(=O)NCc2ccccc2-n2cncn2)N(C)C)cc1. The highest BCUT2D eigenvalue weighted by Gasteiger charge is 2.22. The Morgan fingerprint density at radius 3 is 2.54 bits per heavy atom. The summed E-state index contributed by atoms with van der Waals surface area (Å²) in [5, 5.41) is 7.23. The van der Waals surface area contributed by atoms with Gasteiger partial charge in [-0.2, -0.15) is 5.10 Å². The average Bonchev–Trinajstić information content (AvgIpc) is 3.16. The Morgan fingerprint density at radius 1 is 1.15 bits per heavy atom. The number of aryl methyl sites for hydroxylation is 1.